The molecule has 1 amide bonds. The van der Waals surface area contributed by atoms with Gasteiger partial charge in [-0.25, -0.2) is 14.4 Å². The lowest BCUT2D eigenvalue weighted by Crippen LogP contribution is -2.48. The number of hydrogen-bond donors (Lipinski definition) is 2. The van der Waals surface area contributed by atoms with Crippen LogP contribution in [0.15, 0.2) is 77.3 Å². The number of nitrogens with one attached hydrogen (secondary N) is 1. The molecule has 0 unspecified atom stereocenters. The second kappa shape index (κ2) is 12.5. The van der Waals surface area contributed by atoms with E-state index in [-0.39, 0.29) is 16.8 Å². The van der Waals surface area contributed by atoms with Gasteiger partial charge in [-0.1, -0.05) is 24.3 Å². The van der Waals surface area contributed by atoms with Crippen molar-refractivity contribution in [2.75, 3.05) is 19.5 Å². The number of ether oxygens (including phenoxy) is 4. The summed E-state index contributed by atoms with van der Waals surface area (Å²) >= 11 is 3.28. The zero-order chi connectivity index (χ0) is 26.9. The summed E-state index contributed by atoms with van der Waals surface area (Å²) in [6, 6.07) is 18.2. The summed E-state index contributed by atoms with van der Waals surface area (Å²) in [7, 11) is 2.79. The van der Waals surface area contributed by atoms with Crippen LogP contribution in [0.2, 0.25) is 0 Å². The third kappa shape index (κ3) is 7.07. The van der Waals surface area contributed by atoms with E-state index < -0.39 is 36.0 Å². The molecule has 0 aliphatic heterocycles. The maximum Gasteiger partial charge on any atom is 0.349 e. The van der Waals surface area contributed by atoms with E-state index in [1.54, 1.807) is 36.4 Å². The number of carbonyl (C=O) groups is 4. The molecule has 0 spiro atoms. The minimum atomic E-state index is -2.18. The lowest BCUT2D eigenvalue weighted by Gasteiger charge is -2.24. The van der Waals surface area contributed by atoms with Gasteiger partial charge in [-0.05, 0) is 64.5 Å². The van der Waals surface area contributed by atoms with Gasteiger partial charge in [0.25, 0.3) is 5.91 Å². The van der Waals surface area contributed by atoms with Crippen molar-refractivity contribution >= 4 is 45.4 Å². The molecule has 0 radical (unpaired) electrons. The van der Waals surface area contributed by atoms with E-state index in [0.29, 0.717) is 16.0 Å². The van der Waals surface area contributed by atoms with Crippen LogP contribution in [0.25, 0.3) is 0 Å². The SMILES string of the molecule is COc1cccc(C(=O)O[C@@H](C(=O)O)[C@@H](OC(=O)c2cccc(OC)c2)C(=O)Nc2ccccc2Br)c1. The first-order chi connectivity index (χ1) is 17.7. The molecule has 11 heteroatoms. The number of anilines is 1. The van der Waals surface area contributed by atoms with Gasteiger partial charge in [0.1, 0.15) is 11.5 Å². The number of aliphatic carboxylic acids is 1. The first-order valence-corrected chi connectivity index (χ1v) is 11.5. The van der Waals surface area contributed by atoms with Gasteiger partial charge >= 0.3 is 17.9 Å². The van der Waals surface area contributed by atoms with Crippen molar-refractivity contribution in [2.24, 2.45) is 0 Å². The van der Waals surface area contributed by atoms with Gasteiger partial charge in [-0.2, -0.15) is 0 Å². The summed E-state index contributed by atoms with van der Waals surface area (Å²) in [6.45, 7) is 0. The van der Waals surface area contributed by atoms with Gasteiger partial charge in [0.15, 0.2) is 0 Å². The Morgan fingerprint density at radius 2 is 1.27 bits per heavy atom. The normalized spacial score (nSPS) is 12.0. The fraction of sp³-hybridized carbons (Fsp3) is 0.154. The third-order valence-electron chi connectivity index (χ3n) is 4.99. The first kappa shape index (κ1) is 27.2. The van der Waals surface area contributed by atoms with Gasteiger partial charge in [-0.3, -0.25) is 4.79 Å². The molecule has 10 nitrogen and oxygen atoms in total. The zero-order valence-corrected chi connectivity index (χ0v) is 21.3. The molecule has 3 rings (SSSR count). The molecule has 0 aromatic heterocycles. The topological polar surface area (TPSA) is 137 Å². The minimum Gasteiger partial charge on any atom is -0.497 e. The molecular formula is C26H22BrNO9. The van der Waals surface area contributed by atoms with Crippen molar-refractivity contribution in [3.05, 3.63) is 88.4 Å². The number of esters is 2. The first-order valence-electron chi connectivity index (χ1n) is 10.7. The number of benzene rings is 3. The Balaban J connectivity index is 1.94. The lowest BCUT2D eigenvalue weighted by molar-refractivity contribution is -0.157. The largest absolute Gasteiger partial charge is 0.497 e. The van der Waals surface area contributed by atoms with Gasteiger partial charge in [0.2, 0.25) is 12.2 Å². The number of hydrogen-bond acceptors (Lipinski definition) is 8. The summed E-state index contributed by atoms with van der Waals surface area (Å²) < 4.78 is 21.1. The Bertz CT molecular complexity index is 1310. The van der Waals surface area contributed by atoms with Gasteiger partial charge in [-0.15, -0.1) is 0 Å². The monoisotopic (exact) mass is 571 g/mol. The Morgan fingerprint density at radius 1 is 0.757 bits per heavy atom. The van der Waals surface area contributed by atoms with Crippen LogP contribution in [0.3, 0.4) is 0 Å². The fourth-order valence-corrected chi connectivity index (χ4v) is 3.51. The smallest absolute Gasteiger partial charge is 0.349 e. The Hall–Kier alpha value is -4.38. The van der Waals surface area contributed by atoms with Crippen molar-refractivity contribution in [2.45, 2.75) is 12.2 Å². The van der Waals surface area contributed by atoms with E-state index in [2.05, 4.69) is 21.2 Å². The summed E-state index contributed by atoms with van der Waals surface area (Å²) in [4.78, 5) is 51.0. The molecule has 0 aliphatic carbocycles. The number of carboxylic acid groups (broad SMARTS) is 1. The third-order valence-corrected chi connectivity index (χ3v) is 5.68. The molecule has 3 aromatic carbocycles. The summed E-state index contributed by atoms with van der Waals surface area (Å²) in [5.74, 6) is -4.18. The standard InChI is InChI=1S/C26H22BrNO9/c1-34-17-9-5-7-15(13-17)25(32)36-21(23(29)28-20-12-4-3-11-19(20)27)22(24(30)31)37-26(33)16-8-6-10-18(14-16)35-2/h3-14,21-22H,1-2H3,(H,28,29)(H,30,31)/t21-,22-/m1/s1. The molecule has 0 heterocycles. The van der Waals surface area contributed by atoms with Crippen LogP contribution in [0.5, 0.6) is 11.5 Å². The highest BCUT2D eigenvalue weighted by molar-refractivity contribution is 9.10. The molecule has 0 bridgehead atoms. The molecule has 37 heavy (non-hydrogen) atoms. The molecule has 2 atom stereocenters. The molecule has 0 saturated carbocycles. The second-order valence-corrected chi connectivity index (χ2v) is 8.28. The van der Waals surface area contributed by atoms with Crippen LogP contribution < -0.4 is 14.8 Å². The van der Waals surface area contributed by atoms with E-state index >= 15 is 0 Å². The fourth-order valence-electron chi connectivity index (χ4n) is 3.13. The van der Waals surface area contributed by atoms with Crippen LogP contribution in [0, 0.1) is 0 Å². The van der Waals surface area contributed by atoms with Gasteiger partial charge in [0.05, 0.1) is 31.0 Å². The number of carboxylic acids is 1. The Labute approximate surface area is 220 Å². The Morgan fingerprint density at radius 3 is 1.76 bits per heavy atom. The maximum absolute atomic E-state index is 13.2. The summed E-state index contributed by atoms with van der Waals surface area (Å²) in [5.41, 5.74) is 0.231. The van der Waals surface area contributed by atoms with Crippen LogP contribution in [-0.4, -0.2) is 55.3 Å². The predicted octanol–water partition coefficient (Wildman–Crippen LogP) is 3.94. The summed E-state index contributed by atoms with van der Waals surface area (Å²) in [5, 5.41) is 12.4. The van der Waals surface area contributed by atoms with Gasteiger partial charge < -0.3 is 29.4 Å². The van der Waals surface area contributed by atoms with Crippen LogP contribution in [-0.2, 0) is 19.1 Å². The van der Waals surface area contributed by atoms with Gasteiger partial charge in [0, 0.05) is 4.47 Å². The number of rotatable bonds is 10. The second-order valence-electron chi connectivity index (χ2n) is 7.42. The van der Waals surface area contributed by atoms with Crippen molar-refractivity contribution in [1.29, 1.82) is 0 Å². The zero-order valence-electron chi connectivity index (χ0n) is 19.7. The number of halogens is 1. The van der Waals surface area contributed by atoms with Crippen LogP contribution in [0.1, 0.15) is 20.7 Å². The van der Waals surface area contributed by atoms with Crippen molar-refractivity contribution in [3.63, 3.8) is 0 Å². The number of carbonyl (C=O) groups excluding carboxylic acids is 3. The van der Waals surface area contributed by atoms with Crippen molar-refractivity contribution < 1.29 is 43.2 Å². The quantitative estimate of drug-likeness (QED) is 0.346. The highest BCUT2D eigenvalue weighted by atomic mass is 79.9. The van der Waals surface area contributed by atoms with E-state index in [4.69, 9.17) is 18.9 Å². The van der Waals surface area contributed by atoms with Crippen molar-refractivity contribution in [1.82, 2.24) is 0 Å². The van der Waals surface area contributed by atoms with E-state index in [1.165, 1.54) is 50.6 Å². The number of para-hydroxylation sites is 1. The van der Waals surface area contributed by atoms with E-state index in [1.807, 2.05) is 0 Å². The average Bonchev–Trinajstić information content (AvgIpc) is 2.91. The molecule has 0 fully saturated rings. The van der Waals surface area contributed by atoms with E-state index in [9.17, 15) is 24.3 Å². The van der Waals surface area contributed by atoms with Crippen LogP contribution >= 0.6 is 15.9 Å². The van der Waals surface area contributed by atoms with Crippen molar-refractivity contribution in [3.8, 4) is 11.5 Å². The minimum absolute atomic E-state index is 0.0127. The highest BCUT2D eigenvalue weighted by Gasteiger charge is 2.41. The molecule has 0 aliphatic rings. The molecule has 0 saturated heterocycles. The molecular weight excluding hydrogens is 550 g/mol. The molecule has 2 N–H and O–H groups in total. The van der Waals surface area contributed by atoms with E-state index in [0.717, 1.165) is 0 Å². The highest BCUT2D eigenvalue weighted by Crippen LogP contribution is 2.23. The predicted molar refractivity (Wildman–Crippen MR) is 135 cm³/mol. The molecule has 192 valence electrons. The lowest BCUT2D eigenvalue weighted by atomic mass is 10.1. The number of methoxy groups -OCH3 is 2. The maximum atomic E-state index is 13.2. The summed E-state index contributed by atoms with van der Waals surface area (Å²) in [6.07, 6.45) is -4.24. The number of amides is 1. The molecule has 3 aromatic rings. The Kier molecular flexibility index (Phi) is 9.22. The van der Waals surface area contributed by atoms with Crippen LogP contribution in [0.4, 0.5) is 5.69 Å². The average molecular weight is 572 g/mol.